The van der Waals surface area contributed by atoms with E-state index in [0.29, 0.717) is 19.1 Å². The van der Waals surface area contributed by atoms with Crippen molar-refractivity contribution >= 4 is 11.9 Å². The Hall–Kier alpha value is -1.32. The van der Waals surface area contributed by atoms with E-state index in [-0.39, 0.29) is 24.8 Å². The Morgan fingerprint density at radius 2 is 1.67 bits per heavy atom. The molecule has 1 aliphatic carbocycles. The zero-order valence-corrected chi connectivity index (χ0v) is 13.0. The molecule has 1 rings (SSSR count). The van der Waals surface area contributed by atoms with Crippen LogP contribution >= 0.6 is 0 Å². The summed E-state index contributed by atoms with van der Waals surface area (Å²) in [6, 6.07) is 0. The highest BCUT2D eigenvalue weighted by atomic mass is 16.5. The maximum Gasteiger partial charge on any atom is 0.306 e. The van der Waals surface area contributed by atoms with Gasteiger partial charge in [0.1, 0.15) is 0 Å². The molecule has 0 aromatic rings. The number of esters is 2. The molecule has 0 saturated heterocycles. The fourth-order valence-electron chi connectivity index (χ4n) is 2.49. The van der Waals surface area contributed by atoms with Crippen LogP contribution in [0.15, 0.2) is 12.7 Å². The number of rotatable bonds is 10. The van der Waals surface area contributed by atoms with E-state index in [1.807, 2.05) is 6.08 Å². The van der Waals surface area contributed by atoms with Gasteiger partial charge in [-0.3, -0.25) is 9.59 Å². The lowest BCUT2D eigenvalue weighted by Gasteiger charge is -2.20. The average Bonchev–Trinajstić information content (AvgIpc) is 2.51. The normalized spacial score (nSPS) is 15.4. The molecule has 1 saturated carbocycles. The van der Waals surface area contributed by atoms with E-state index in [9.17, 15) is 9.59 Å². The summed E-state index contributed by atoms with van der Waals surface area (Å²) >= 11 is 0. The number of ether oxygens (including phenoxy) is 2. The van der Waals surface area contributed by atoms with Gasteiger partial charge in [-0.25, -0.2) is 0 Å². The van der Waals surface area contributed by atoms with Crippen molar-refractivity contribution in [3.05, 3.63) is 12.7 Å². The van der Waals surface area contributed by atoms with Crippen molar-refractivity contribution in [1.82, 2.24) is 0 Å². The molecule has 0 heterocycles. The highest BCUT2D eigenvalue weighted by Crippen LogP contribution is 2.23. The first-order chi connectivity index (χ1) is 10.2. The summed E-state index contributed by atoms with van der Waals surface area (Å²) in [6.07, 6.45) is 10.9. The standard InChI is InChI=1S/C17H28O4/c1-2-3-4-8-13-20-16(18)11-12-17(19)21-14-15-9-6-5-7-10-15/h2,15H,1,3-14H2. The Bertz CT molecular complexity index is 319. The van der Waals surface area contributed by atoms with Crippen molar-refractivity contribution in [2.45, 2.75) is 64.2 Å². The molecule has 0 N–H and O–H groups in total. The van der Waals surface area contributed by atoms with Gasteiger partial charge in [0.2, 0.25) is 0 Å². The van der Waals surface area contributed by atoms with Gasteiger partial charge in [-0.05, 0) is 38.0 Å². The van der Waals surface area contributed by atoms with Crippen LogP contribution in [0.4, 0.5) is 0 Å². The second kappa shape index (κ2) is 11.4. The van der Waals surface area contributed by atoms with Gasteiger partial charge in [0.25, 0.3) is 0 Å². The summed E-state index contributed by atoms with van der Waals surface area (Å²) in [5, 5.41) is 0. The van der Waals surface area contributed by atoms with Crippen LogP contribution in [0.1, 0.15) is 64.2 Å². The van der Waals surface area contributed by atoms with Gasteiger partial charge in [0.15, 0.2) is 0 Å². The minimum Gasteiger partial charge on any atom is -0.466 e. The van der Waals surface area contributed by atoms with Crippen LogP contribution in [-0.2, 0) is 19.1 Å². The van der Waals surface area contributed by atoms with E-state index in [0.717, 1.165) is 32.1 Å². The molecule has 21 heavy (non-hydrogen) atoms. The second-order valence-corrected chi connectivity index (χ2v) is 5.69. The summed E-state index contributed by atoms with van der Waals surface area (Å²) in [5.74, 6) is -0.0908. The molecule has 1 aliphatic rings. The lowest BCUT2D eigenvalue weighted by molar-refractivity contribution is -0.151. The van der Waals surface area contributed by atoms with Crippen molar-refractivity contribution in [3.63, 3.8) is 0 Å². The molecule has 4 nitrogen and oxygen atoms in total. The molecule has 0 aromatic heterocycles. The number of carbonyl (C=O) groups excluding carboxylic acids is 2. The first-order valence-electron chi connectivity index (χ1n) is 8.14. The van der Waals surface area contributed by atoms with Crippen LogP contribution in [0.2, 0.25) is 0 Å². The number of hydrogen-bond donors (Lipinski definition) is 0. The van der Waals surface area contributed by atoms with Crippen molar-refractivity contribution in [3.8, 4) is 0 Å². The minimum absolute atomic E-state index is 0.116. The maximum absolute atomic E-state index is 11.6. The van der Waals surface area contributed by atoms with Crippen molar-refractivity contribution < 1.29 is 19.1 Å². The zero-order chi connectivity index (χ0) is 15.3. The fourth-order valence-corrected chi connectivity index (χ4v) is 2.49. The number of carbonyl (C=O) groups is 2. The third-order valence-electron chi connectivity index (χ3n) is 3.80. The molecule has 0 spiro atoms. The number of hydrogen-bond acceptors (Lipinski definition) is 4. The molecular formula is C17H28O4. The van der Waals surface area contributed by atoms with Crippen molar-refractivity contribution in [1.29, 1.82) is 0 Å². The topological polar surface area (TPSA) is 52.6 Å². The third kappa shape index (κ3) is 9.27. The molecule has 0 bridgehead atoms. The smallest absolute Gasteiger partial charge is 0.306 e. The zero-order valence-electron chi connectivity index (χ0n) is 13.0. The van der Waals surface area contributed by atoms with Gasteiger partial charge in [0, 0.05) is 0 Å². The van der Waals surface area contributed by atoms with Crippen LogP contribution in [0.5, 0.6) is 0 Å². The molecule has 0 atom stereocenters. The molecule has 0 aliphatic heterocycles. The van der Waals surface area contributed by atoms with Gasteiger partial charge < -0.3 is 9.47 Å². The van der Waals surface area contributed by atoms with E-state index < -0.39 is 0 Å². The summed E-state index contributed by atoms with van der Waals surface area (Å²) in [6.45, 7) is 4.56. The number of allylic oxidation sites excluding steroid dienone is 1. The van der Waals surface area contributed by atoms with E-state index in [4.69, 9.17) is 9.47 Å². The first kappa shape index (κ1) is 17.7. The quantitative estimate of drug-likeness (QED) is 0.349. The highest BCUT2D eigenvalue weighted by molar-refractivity contribution is 5.77. The van der Waals surface area contributed by atoms with E-state index in [2.05, 4.69) is 6.58 Å². The first-order valence-corrected chi connectivity index (χ1v) is 8.14. The van der Waals surface area contributed by atoms with Crippen LogP contribution in [-0.4, -0.2) is 25.2 Å². The molecule has 0 amide bonds. The van der Waals surface area contributed by atoms with Gasteiger partial charge in [-0.2, -0.15) is 0 Å². The Morgan fingerprint density at radius 1 is 1.00 bits per heavy atom. The maximum atomic E-state index is 11.6. The predicted octanol–water partition coefficient (Wildman–Crippen LogP) is 3.79. The molecular weight excluding hydrogens is 268 g/mol. The Balaban J connectivity index is 1.98. The molecule has 1 fully saturated rings. The van der Waals surface area contributed by atoms with Gasteiger partial charge in [0.05, 0.1) is 26.1 Å². The summed E-state index contributed by atoms with van der Waals surface area (Å²) in [5.41, 5.74) is 0. The molecule has 4 heteroatoms. The van der Waals surface area contributed by atoms with E-state index >= 15 is 0 Å². The second-order valence-electron chi connectivity index (χ2n) is 5.69. The predicted molar refractivity (Wildman–Crippen MR) is 81.8 cm³/mol. The largest absolute Gasteiger partial charge is 0.466 e. The van der Waals surface area contributed by atoms with Gasteiger partial charge in [-0.15, -0.1) is 6.58 Å². The van der Waals surface area contributed by atoms with Crippen LogP contribution < -0.4 is 0 Å². The molecule has 120 valence electrons. The third-order valence-corrected chi connectivity index (χ3v) is 3.80. The molecule has 0 unspecified atom stereocenters. The van der Waals surface area contributed by atoms with E-state index in [1.54, 1.807) is 0 Å². The molecule has 0 aromatic carbocycles. The Morgan fingerprint density at radius 3 is 2.33 bits per heavy atom. The number of unbranched alkanes of at least 4 members (excludes halogenated alkanes) is 2. The van der Waals surface area contributed by atoms with Crippen molar-refractivity contribution in [2.24, 2.45) is 5.92 Å². The lowest BCUT2D eigenvalue weighted by atomic mass is 9.90. The minimum atomic E-state index is -0.316. The van der Waals surface area contributed by atoms with Crippen LogP contribution in [0, 0.1) is 5.92 Å². The lowest BCUT2D eigenvalue weighted by Crippen LogP contribution is -2.17. The summed E-state index contributed by atoms with van der Waals surface area (Å²) in [7, 11) is 0. The van der Waals surface area contributed by atoms with Gasteiger partial charge >= 0.3 is 11.9 Å². The van der Waals surface area contributed by atoms with Crippen molar-refractivity contribution in [2.75, 3.05) is 13.2 Å². The Kier molecular flexibility index (Phi) is 9.58. The highest BCUT2D eigenvalue weighted by Gasteiger charge is 2.16. The SMILES string of the molecule is C=CCCCCOC(=O)CCC(=O)OCC1CCCCC1. The summed E-state index contributed by atoms with van der Waals surface area (Å²) < 4.78 is 10.3. The van der Waals surface area contributed by atoms with Crippen LogP contribution in [0.25, 0.3) is 0 Å². The van der Waals surface area contributed by atoms with Gasteiger partial charge in [-0.1, -0.05) is 25.3 Å². The van der Waals surface area contributed by atoms with E-state index in [1.165, 1.54) is 19.3 Å². The fraction of sp³-hybridized carbons (Fsp3) is 0.765. The monoisotopic (exact) mass is 296 g/mol. The average molecular weight is 296 g/mol. The molecule has 0 radical (unpaired) electrons. The Labute approximate surface area is 127 Å². The summed E-state index contributed by atoms with van der Waals surface area (Å²) in [4.78, 5) is 23.0. The van der Waals surface area contributed by atoms with Crippen LogP contribution in [0.3, 0.4) is 0 Å².